The summed E-state index contributed by atoms with van der Waals surface area (Å²) in [5, 5.41) is 9.78. The van der Waals surface area contributed by atoms with Crippen molar-refractivity contribution in [2.24, 2.45) is 5.16 Å². The van der Waals surface area contributed by atoms with E-state index in [4.69, 9.17) is 0 Å². The molecule has 0 aliphatic heterocycles. The molecule has 18 heavy (non-hydrogen) atoms. The van der Waals surface area contributed by atoms with Crippen molar-refractivity contribution in [3.63, 3.8) is 0 Å². The summed E-state index contributed by atoms with van der Waals surface area (Å²) in [4.78, 5) is 9.01. The Labute approximate surface area is 110 Å². The first-order valence-electron chi connectivity index (χ1n) is 5.56. The Hall–Kier alpha value is -1.88. The number of nitrogens with one attached hydrogen (secondary N) is 1. The number of rotatable bonds is 4. The third kappa shape index (κ3) is 2.87. The SMILES string of the molecule is CON=Cc1csc(Nc2cccc(C)c2C)n1. The van der Waals surface area contributed by atoms with Gasteiger partial charge in [-0.05, 0) is 31.0 Å². The molecule has 0 saturated carbocycles. The van der Waals surface area contributed by atoms with Gasteiger partial charge in [0.25, 0.3) is 0 Å². The number of hydrogen-bond acceptors (Lipinski definition) is 5. The molecule has 0 atom stereocenters. The van der Waals surface area contributed by atoms with E-state index in [1.165, 1.54) is 18.2 Å². The van der Waals surface area contributed by atoms with E-state index in [0.29, 0.717) is 0 Å². The van der Waals surface area contributed by atoms with E-state index in [1.807, 2.05) is 17.5 Å². The molecular weight excluding hydrogens is 246 g/mol. The van der Waals surface area contributed by atoms with E-state index in [0.717, 1.165) is 16.5 Å². The molecule has 1 N–H and O–H groups in total. The van der Waals surface area contributed by atoms with Crippen LogP contribution in [0, 0.1) is 13.8 Å². The molecule has 0 amide bonds. The number of thiazole rings is 1. The highest BCUT2D eigenvalue weighted by atomic mass is 32.1. The van der Waals surface area contributed by atoms with E-state index in [-0.39, 0.29) is 0 Å². The Balaban J connectivity index is 2.16. The minimum atomic E-state index is 0.787. The molecule has 2 aromatic rings. The van der Waals surface area contributed by atoms with Crippen LogP contribution in [0.25, 0.3) is 0 Å². The van der Waals surface area contributed by atoms with Crippen LogP contribution in [0.4, 0.5) is 10.8 Å². The molecule has 0 aliphatic rings. The zero-order valence-electron chi connectivity index (χ0n) is 10.6. The molecule has 0 unspecified atom stereocenters. The molecule has 0 bridgehead atoms. The minimum Gasteiger partial charge on any atom is -0.399 e. The van der Waals surface area contributed by atoms with Gasteiger partial charge in [0, 0.05) is 11.1 Å². The van der Waals surface area contributed by atoms with Gasteiger partial charge in [-0.2, -0.15) is 0 Å². The summed E-state index contributed by atoms with van der Waals surface area (Å²) in [6.45, 7) is 4.19. The van der Waals surface area contributed by atoms with Crippen LogP contribution in [0.15, 0.2) is 28.7 Å². The topological polar surface area (TPSA) is 46.5 Å². The smallest absolute Gasteiger partial charge is 0.187 e. The molecule has 1 aromatic carbocycles. The highest BCUT2D eigenvalue weighted by Crippen LogP contribution is 2.24. The van der Waals surface area contributed by atoms with Gasteiger partial charge < -0.3 is 10.2 Å². The van der Waals surface area contributed by atoms with Crippen molar-refractivity contribution < 1.29 is 4.84 Å². The normalized spacial score (nSPS) is 10.8. The van der Waals surface area contributed by atoms with Crippen molar-refractivity contribution in [3.8, 4) is 0 Å². The number of oxime groups is 1. The summed E-state index contributed by atoms with van der Waals surface area (Å²) in [6.07, 6.45) is 1.59. The second-order valence-corrected chi connectivity index (χ2v) is 4.73. The Bertz CT molecular complexity index is 563. The van der Waals surface area contributed by atoms with Crippen LogP contribution >= 0.6 is 11.3 Å². The van der Waals surface area contributed by atoms with Crippen molar-refractivity contribution in [2.75, 3.05) is 12.4 Å². The third-order valence-electron chi connectivity index (χ3n) is 2.66. The Kier molecular flexibility index (Phi) is 3.94. The lowest BCUT2D eigenvalue weighted by Crippen LogP contribution is -1.94. The molecule has 1 aromatic heterocycles. The number of anilines is 2. The zero-order valence-corrected chi connectivity index (χ0v) is 11.4. The van der Waals surface area contributed by atoms with E-state index in [9.17, 15) is 0 Å². The maximum absolute atomic E-state index is 4.62. The fourth-order valence-corrected chi connectivity index (χ4v) is 2.18. The van der Waals surface area contributed by atoms with Crippen LogP contribution in [0.5, 0.6) is 0 Å². The van der Waals surface area contributed by atoms with Crippen molar-refractivity contribution in [2.45, 2.75) is 13.8 Å². The van der Waals surface area contributed by atoms with Gasteiger partial charge in [-0.3, -0.25) is 0 Å². The summed E-state index contributed by atoms with van der Waals surface area (Å²) >= 11 is 1.54. The molecule has 1 heterocycles. The van der Waals surface area contributed by atoms with Gasteiger partial charge >= 0.3 is 0 Å². The van der Waals surface area contributed by atoms with Crippen LogP contribution in [-0.4, -0.2) is 18.3 Å². The monoisotopic (exact) mass is 261 g/mol. The summed E-state index contributed by atoms with van der Waals surface area (Å²) in [5.41, 5.74) is 4.37. The summed E-state index contributed by atoms with van der Waals surface area (Å²) < 4.78 is 0. The van der Waals surface area contributed by atoms with Gasteiger partial charge in [-0.1, -0.05) is 17.3 Å². The van der Waals surface area contributed by atoms with Crippen LogP contribution in [-0.2, 0) is 4.84 Å². The van der Waals surface area contributed by atoms with Crippen LogP contribution in [0.2, 0.25) is 0 Å². The second kappa shape index (κ2) is 5.64. The van der Waals surface area contributed by atoms with E-state index in [2.05, 4.69) is 40.2 Å². The van der Waals surface area contributed by atoms with Gasteiger partial charge in [0.1, 0.15) is 7.11 Å². The lowest BCUT2D eigenvalue weighted by Gasteiger charge is -2.08. The molecule has 94 valence electrons. The van der Waals surface area contributed by atoms with Gasteiger partial charge in [0.2, 0.25) is 0 Å². The molecule has 2 rings (SSSR count). The molecule has 0 fully saturated rings. The highest BCUT2D eigenvalue weighted by Gasteiger charge is 2.04. The summed E-state index contributed by atoms with van der Waals surface area (Å²) in [7, 11) is 1.51. The molecule has 0 radical (unpaired) electrons. The Morgan fingerprint density at radius 3 is 3.00 bits per heavy atom. The first-order valence-corrected chi connectivity index (χ1v) is 6.44. The quantitative estimate of drug-likeness (QED) is 0.677. The molecule has 0 aliphatic carbocycles. The standard InChI is InChI=1S/C13H15N3OS/c1-9-5-4-6-12(10(9)2)16-13-15-11(8-18-13)7-14-17-3/h4-8H,1-3H3,(H,15,16). The first-order chi connectivity index (χ1) is 8.70. The fraction of sp³-hybridized carbons (Fsp3) is 0.231. The van der Waals surface area contributed by atoms with Gasteiger partial charge in [0.15, 0.2) is 5.13 Å². The van der Waals surface area contributed by atoms with Crippen molar-refractivity contribution in [3.05, 3.63) is 40.4 Å². The van der Waals surface area contributed by atoms with Crippen LogP contribution in [0.3, 0.4) is 0 Å². The van der Waals surface area contributed by atoms with Crippen LogP contribution < -0.4 is 5.32 Å². The van der Waals surface area contributed by atoms with Crippen molar-refractivity contribution >= 4 is 28.4 Å². The number of hydrogen-bond donors (Lipinski definition) is 1. The van der Waals surface area contributed by atoms with Crippen molar-refractivity contribution in [1.82, 2.24) is 4.98 Å². The van der Waals surface area contributed by atoms with Gasteiger partial charge in [0.05, 0.1) is 11.9 Å². The molecule has 5 heteroatoms. The number of aromatic nitrogens is 1. The van der Waals surface area contributed by atoms with Gasteiger partial charge in [-0.25, -0.2) is 4.98 Å². The van der Waals surface area contributed by atoms with Crippen molar-refractivity contribution in [1.29, 1.82) is 0 Å². The Morgan fingerprint density at radius 2 is 2.22 bits per heavy atom. The molecule has 4 nitrogen and oxygen atoms in total. The number of aryl methyl sites for hydroxylation is 1. The zero-order chi connectivity index (χ0) is 13.0. The maximum Gasteiger partial charge on any atom is 0.187 e. The second-order valence-electron chi connectivity index (χ2n) is 3.87. The Morgan fingerprint density at radius 1 is 1.39 bits per heavy atom. The average molecular weight is 261 g/mol. The largest absolute Gasteiger partial charge is 0.399 e. The fourth-order valence-electron chi connectivity index (χ4n) is 1.51. The van der Waals surface area contributed by atoms with E-state index < -0.39 is 0 Å². The van der Waals surface area contributed by atoms with E-state index >= 15 is 0 Å². The summed E-state index contributed by atoms with van der Waals surface area (Å²) in [6, 6.07) is 6.18. The van der Waals surface area contributed by atoms with E-state index in [1.54, 1.807) is 17.6 Å². The average Bonchev–Trinajstić information content (AvgIpc) is 2.80. The maximum atomic E-state index is 4.62. The number of benzene rings is 1. The molecule has 0 saturated heterocycles. The lowest BCUT2D eigenvalue weighted by atomic mass is 10.1. The molecule has 0 spiro atoms. The summed E-state index contributed by atoms with van der Waals surface area (Å²) in [5.74, 6) is 0. The predicted octanol–water partition coefficient (Wildman–Crippen LogP) is 3.48. The molecular formula is C13H15N3OS. The first kappa shape index (κ1) is 12.6. The lowest BCUT2D eigenvalue weighted by molar-refractivity contribution is 0.215. The third-order valence-corrected chi connectivity index (χ3v) is 3.43. The van der Waals surface area contributed by atoms with Gasteiger partial charge in [-0.15, -0.1) is 11.3 Å². The predicted molar refractivity (Wildman–Crippen MR) is 75.9 cm³/mol. The number of nitrogens with zero attached hydrogens (tertiary/aromatic N) is 2. The minimum absolute atomic E-state index is 0.787. The van der Waals surface area contributed by atoms with Crippen LogP contribution in [0.1, 0.15) is 16.8 Å². The highest BCUT2D eigenvalue weighted by molar-refractivity contribution is 7.14.